The van der Waals surface area contributed by atoms with Gasteiger partial charge in [0.05, 0.1) is 18.0 Å². The fourth-order valence-electron chi connectivity index (χ4n) is 3.14. The Labute approximate surface area is 191 Å². The number of nitrogens with zero attached hydrogens (tertiary/aromatic N) is 2. The van der Waals surface area contributed by atoms with E-state index in [1.54, 1.807) is 26.8 Å². The number of aryl methyl sites for hydroxylation is 1. The normalized spacial score (nSPS) is 12.3. The van der Waals surface area contributed by atoms with E-state index in [1.165, 1.54) is 0 Å². The van der Waals surface area contributed by atoms with E-state index in [2.05, 4.69) is 16.5 Å². The first-order chi connectivity index (χ1) is 15.2. The minimum atomic E-state index is -0.896. The Morgan fingerprint density at radius 1 is 1.38 bits per heavy atom. The van der Waals surface area contributed by atoms with Crippen molar-refractivity contribution < 1.29 is 24.2 Å². The average molecular weight is 466 g/mol. The molecule has 2 heterocycles. The molecule has 0 amide bonds. The SMILES string of the molecule is C=CCN(Cc1nc2sc(C(=O)OC(C)C)c(C)c2c(=O)[nH]1)CC(O)COC(=O)CCC. The third-order valence-corrected chi connectivity index (χ3v) is 5.66. The highest BCUT2D eigenvalue weighted by atomic mass is 32.1. The van der Waals surface area contributed by atoms with Crippen molar-refractivity contribution in [3.63, 3.8) is 0 Å². The van der Waals surface area contributed by atoms with Crippen LogP contribution in [0.4, 0.5) is 0 Å². The highest BCUT2D eigenvalue weighted by molar-refractivity contribution is 7.20. The summed E-state index contributed by atoms with van der Waals surface area (Å²) >= 11 is 1.12. The van der Waals surface area contributed by atoms with Crippen molar-refractivity contribution in [3.05, 3.63) is 39.3 Å². The molecule has 0 saturated carbocycles. The summed E-state index contributed by atoms with van der Waals surface area (Å²) in [6, 6.07) is 0. The van der Waals surface area contributed by atoms with Gasteiger partial charge in [0.2, 0.25) is 0 Å². The lowest BCUT2D eigenvalue weighted by molar-refractivity contribution is -0.147. The zero-order valence-corrected chi connectivity index (χ0v) is 19.8. The lowest BCUT2D eigenvalue weighted by Gasteiger charge is -2.23. The van der Waals surface area contributed by atoms with Gasteiger partial charge in [-0.1, -0.05) is 13.0 Å². The van der Waals surface area contributed by atoms with E-state index >= 15 is 0 Å². The van der Waals surface area contributed by atoms with E-state index in [1.807, 2.05) is 11.8 Å². The van der Waals surface area contributed by atoms with Crippen molar-refractivity contribution in [2.24, 2.45) is 0 Å². The monoisotopic (exact) mass is 465 g/mol. The van der Waals surface area contributed by atoms with Crippen LogP contribution in [-0.4, -0.2) is 63.8 Å². The number of rotatable bonds is 12. The van der Waals surface area contributed by atoms with Gasteiger partial charge in [0.15, 0.2) is 0 Å². The summed E-state index contributed by atoms with van der Waals surface area (Å²) in [5, 5.41) is 10.6. The van der Waals surface area contributed by atoms with Crippen molar-refractivity contribution in [3.8, 4) is 0 Å². The number of fused-ring (bicyclic) bond motifs is 1. The second kappa shape index (κ2) is 11.9. The Bertz CT molecular complexity index is 1010. The minimum Gasteiger partial charge on any atom is -0.463 e. The molecule has 2 aromatic rings. The van der Waals surface area contributed by atoms with Crippen LogP contribution >= 0.6 is 11.3 Å². The Morgan fingerprint density at radius 3 is 2.72 bits per heavy atom. The number of aliphatic hydroxyl groups is 1. The molecule has 2 N–H and O–H groups in total. The Kier molecular flexibility index (Phi) is 9.55. The summed E-state index contributed by atoms with van der Waals surface area (Å²) in [7, 11) is 0. The molecule has 2 aromatic heterocycles. The fourth-order valence-corrected chi connectivity index (χ4v) is 4.22. The predicted molar refractivity (Wildman–Crippen MR) is 123 cm³/mol. The number of nitrogens with one attached hydrogen (secondary N) is 1. The number of hydrogen-bond acceptors (Lipinski definition) is 9. The lowest BCUT2D eigenvalue weighted by atomic mass is 10.2. The zero-order chi connectivity index (χ0) is 23.8. The van der Waals surface area contributed by atoms with Gasteiger partial charge in [-0.15, -0.1) is 17.9 Å². The molecule has 0 fully saturated rings. The maximum Gasteiger partial charge on any atom is 0.348 e. The van der Waals surface area contributed by atoms with Crippen molar-refractivity contribution in [2.75, 3.05) is 19.7 Å². The number of aliphatic hydroxyl groups excluding tert-OH is 1. The number of ether oxygens (including phenoxy) is 2. The number of hydrogen-bond donors (Lipinski definition) is 2. The smallest absolute Gasteiger partial charge is 0.348 e. The highest BCUT2D eigenvalue weighted by Crippen LogP contribution is 2.28. The van der Waals surface area contributed by atoms with Gasteiger partial charge in [-0.3, -0.25) is 14.5 Å². The van der Waals surface area contributed by atoms with Crippen LogP contribution in [0.3, 0.4) is 0 Å². The van der Waals surface area contributed by atoms with Crippen molar-refractivity contribution in [1.29, 1.82) is 0 Å². The number of carbonyl (C=O) groups excluding carboxylic acids is 2. The van der Waals surface area contributed by atoms with Crippen molar-refractivity contribution >= 4 is 33.5 Å². The van der Waals surface area contributed by atoms with Crippen LogP contribution in [-0.2, 0) is 20.8 Å². The summed E-state index contributed by atoms with van der Waals surface area (Å²) in [5.41, 5.74) is 0.207. The molecule has 2 rings (SSSR count). The summed E-state index contributed by atoms with van der Waals surface area (Å²) in [6.45, 7) is 11.6. The number of carbonyl (C=O) groups is 2. The second-order valence-electron chi connectivity index (χ2n) is 7.77. The Morgan fingerprint density at radius 2 is 2.09 bits per heavy atom. The molecule has 0 aliphatic carbocycles. The molecule has 176 valence electrons. The molecular formula is C22H31N3O6S. The van der Waals surface area contributed by atoms with Gasteiger partial charge in [-0.2, -0.15) is 0 Å². The van der Waals surface area contributed by atoms with Crippen LogP contribution < -0.4 is 5.56 Å². The topological polar surface area (TPSA) is 122 Å². The Balaban J connectivity index is 2.18. The molecule has 0 radical (unpaired) electrons. The van der Waals surface area contributed by atoms with E-state index in [-0.39, 0.29) is 37.3 Å². The first-order valence-electron chi connectivity index (χ1n) is 10.6. The summed E-state index contributed by atoms with van der Waals surface area (Å²) in [5.74, 6) is -0.432. The molecule has 0 spiro atoms. The second-order valence-corrected chi connectivity index (χ2v) is 8.77. The number of aromatic nitrogens is 2. The third-order valence-electron chi connectivity index (χ3n) is 4.50. The molecule has 9 nitrogen and oxygen atoms in total. The van der Waals surface area contributed by atoms with Crippen LogP contribution in [0.25, 0.3) is 10.2 Å². The molecule has 0 aromatic carbocycles. The largest absolute Gasteiger partial charge is 0.463 e. The molecule has 32 heavy (non-hydrogen) atoms. The summed E-state index contributed by atoms with van der Waals surface area (Å²) in [6.07, 6.45) is 1.49. The molecule has 0 saturated heterocycles. The zero-order valence-electron chi connectivity index (χ0n) is 19.0. The van der Waals surface area contributed by atoms with Gasteiger partial charge in [0.25, 0.3) is 5.56 Å². The van der Waals surface area contributed by atoms with E-state index in [4.69, 9.17) is 9.47 Å². The van der Waals surface area contributed by atoms with E-state index in [0.717, 1.165) is 11.3 Å². The minimum absolute atomic E-state index is 0.110. The fraction of sp³-hybridized carbons (Fsp3) is 0.545. The van der Waals surface area contributed by atoms with Crippen LogP contribution in [0, 0.1) is 6.92 Å². The van der Waals surface area contributed by atoms with Gasteiger partial charge in [0, 0.05) is 19.5 Å². The third kappa shape index (κ3) is 6.98. The summed E-state index contributed by atoms with van der Waals surface area (Å²) < 4.78 is 10.3. The Hall–Kier alpha value is -2.56. The molecule has 0 aliphatic heterocycles. The maximum absolute atomic E-state index is 12.7. The molecule has 10 heteroatoms. The van der Waals surface area contributed by atoms with Crippen LogP contribution in [0.5, 0.6) is 0 Å². The van der Waals surface area contributed by atoms with E-state index in [9.17, 15) is 19.5 Å². The highest BCUT2D eigenvalue weighted by Gasteiger charge is 2.22. The predicted octanol–water partition coefficient (Wildman–Crippen LogP) is 2.55. The molecule has 1 unspecified atom stereocenters. The maximum atomic E-state index is 12.7. The number of H-pyrrole nitrogens is 1. The van der Waals surface area contributed by atoms with Crippen molar-refractivity contribution in [1.82, 2.24) is 14.9 Å². The van der Waals surface area contributed by atoms with Crippen LogP contribution in [0.2, 0.25) is 0 Å². The van der Waals surface area contributed by atoms with Gasteiger partial charge in [-0.05, 0) is 32.8 Å². The quantitative estimate of drug-likeness (QED) is 0.362. The lowest BCUT2D eigenvalue weighted by Crippen LogP contribution is -2.36. The number of thiophene rings is 1. The van der Waals surface area contributed by atoms with E-state index < -0.39 is 12.1 Å². The van der Waals surface area contributed by atoms with Gasteiger partial charge < -0.3 is 19.6 Å². The van der Waals surface area contributed by atoms with E-state index in [0.29, 0.717) is 45.9 Å². The van der Waals surface area contributed by atoms with Crippen molar-refractivity contribution in [2.45, 2.75) is 59.3 Å². The van der Waals surface area contributed by atoms with Gasteiger partial charge >= 0.3 is 11.9 Å². The molecule has 0 aliphatic rings. The first-order valence-corrected chi connectivity index (χ1v) is 11.4. The van der Waals surface area contributed by atoms with Crippen LogP contribution in [0.1, 0.15) is 54.7 Å². The summed E-state index contributed by atoms with van der Waals surface area (Å²) in [4.78, 5) is 46.4. The molecule has 1 atom stereocenters. The standard InChI is InChI=1S/C22H31N3O6S/c1-6-8-17(27)30-12-15(26)10-25(9-7-2)11-16-23-20(28)18-14(5)19(32-21(18)24-16)22(29)31-13(3)4/h7,13,15,26H,2,6,8-12H2,1,3-5H3,(H,23,24,28). The molecule has 0 bridgehead atoms. The number of esters is 2. The van der Waals surface area contributed by atoms with Crippen LogP contribution in [0.15, 0.2) is 17.4 Å². The number of aromatic amines is 1. The molecular weight excluding hydrogens is 434 g/mol. The van der Waals surface area contributed by atoms with Gasteiger partial charge in [-0.25, -0.2) is 9.78 Å². The first kappa shape index (κ1) is 25.7. The van der Waals surface area contributed by atoms with Gasteiger partial charge in [0.1, 0.15) is 28.2 Å². The average Bonchev–Trinajstić information content (AvgIpc) is 3.03.